The Balaban J connectivity index is 3.94. The van der Waals surface area contributed by atoms with Gasteiger partial charge in [0.05, 0.1) is 13.2 Å². The first kappa shape index (κ1) is 11.8. The van der Waals surface area contributed by atoms with Crippen molar-refractivity contribution in [1.82, 2.24) is 0 Å². The predicted octanol–water partition coefficient (Wildman–Crippen LogP) is -1.64. The number of ether oxygens (including phenoxy) is 2. The zero-order valence-electron chi connectivity index (χ0n) is 7.30. The lowest BCUT2D eigenvalue weighted by Gasteiger charge is -2.24. The molecule has 0 aromatic rings. The molecule has 0 aromatic heterocycles. The SMILES string of the molecule is COC[C@@H](O)[C@H](OC)[C@@H](O)CO. The molecule has 3 N–H and O–H groups in total. The van der Waals surface area contributed by atoms with E-state index in [-0.39, 0.29) is 6.61 Å². The third kappa shape index (κ3) is 3.46. The molecule has 0 unspecified atom stereocenters. The molecule has 0 bridgehead atoms. The fourth-order valence-electron chi connectivity index (χ4n) is 0.940. The highest BCUT2D eigenvalue weighted by Gasteiger charge is 2.25. The molecule has 0 heterocycles. The predicted molar refractivity (Wildman–Crippen MR) is 41.8 cm³/mol. The van der Waals surface area contributed by atoms with E-state index in [4.69, 9.17) is 14.9 Å². The van der Waals surface area contributed by atoms with Crippen molar-refractivity contribution in [1.29, 1.82) is 0 Å². The summed E-state index contributed by atoms with van der Waals surface area (Å²) in [5, 5.41) is 27.0. The van der Waals surface area contributed by atoms with E-state index in [0.717, 1.165) is 0 Å². The molecule has 0 rings (SSSR count). The van der Waals surface area contributed by atoms with E-state index >= 15 is 0 Å². The van der Waals surface area contributed by atoms with E-state index in [1.165, 1.54) is 14.2 Å². The standard InChI is InChI=1S/C7H16O5/c1-11-4-6(10)7(12-2)5(9)3-8/h5-10H,3-4H2,1-2H3/t5-,6+,7+/m0/s1. The molecule has 0 radical (unpaired) electrons. The van der Waals surface area contributed by atoms with Gasteiger partial charge in [-0.15, -0.1) is 0 Å². The molecule has 0 fully saturated rings. The molecule has 0 saturated heterocycles. The van der Waals surface area contributed by atoms with Gasteiger partial charge < -0.3 is 24.8 Å². The van der Waals surface area contributed by atoms with Crippen molar-refractivity contribution in [2.45, 2.75) is 18.3 Å². The van der Waals surface area contributed by atoms with Gasteiger partial charge in [0, 0.05) is 14.2 Å². The molecule has 3 atom stereocenters. The molecule has 0 amide bonds. The minimum Gasteiger partial charge on any atom is -0.394 e. The first-order chi connectivity index (χ1) is 5.67. The number of aliphatic hydroxyl groups is 3. The molecule has 0 aliphatic carbocycles. The second-order valence-electron chi connectivity index (χ2n) is 2.47. The lowest BCUT2D eigenvalue weighted by Crippen LogP contribution is -2.43. The van der Waals surface area contributed by atoms with Gasteiger partial charge in [0.25, 0.3) is 0 Å². The molecule has 0 saturated carbocycles. The highest BCUT2D eigenvalue weighted by molar-refractivity contribution is 4.75. The van der Waals surface area contributed by atoms with Gasteiger partial charge in [-0.05, 0) is 0 Å². The van der Waals surface area contributed by atoms with Crippen LogP contribution in [0.5, 0.6) is 0 Å². The Morgan fingerprint density at radius 1 is 1.17 bits per heavy atom. The van der Waals surface area contributed by atoms with Crippen LogP contribution in [0.4, 0.5) is 0 Å². The van der Waals surface area contributed by atoms with Gasteiger partial charge in [-0.3, -0.25) is 0 Å². The van der Waals surface area contributed by atoms with Crippen LogP contribution in [0.25, 0.3) is 0 Å². The molecular formula is C7H16O5. The summed E-state index contributed by atoms with van der Waals surface area (Å²) in [5.41, 5.74) is 0. The van der Waals surface area contributed by atoms with Crippen molar-refractivity contribution in [3.63, 3.8) is 0 Å². The minimum absolute atomic E-state index is 0.0650. The van der Waals surface area contributed by atoms with Gasteiger partial charge in [-0.25, -0.2) is 0 Å². The van der Waals surface area contributed by atoms with Crippen molar-refractivity contribution in [3.8, 4) is 0 Å². The number of methoxy groups -OCH3 is 2. The van der Waals surface area contributed by atoms with Crippen molar-refractivity contribution in [2.75, 3.05) is 27.4 Å². The zero-order chi connectivity index (χ0) is 9.56. The summed E-state index contributed by atoms with van der Waals surface area (Å²) in [5.74, 6) is 0. The van der Waals surface area contributed by atoms with Crippen molar-refractivity contribution in [2.24, 2.45) is 0 Å². The second kappa shape index (κ2) is 6.33. The van der Waals surface area contributed by atoms with Crippen LogP contribution in [0.15, 0.2) is 0 Å². The van der Waals surface area contributed by atoms with Crippen LogP contribution in [0, 0.1) is 0 Å². The van der Waals surface area contributed by atoms with E-state index in [9.17, 15) is 5.11 Å². The van der Waals surface area contributed by atoms with E-state index in [0.29, 0.717) is 0 Å². The highest BCUT2D eigenvalue weighted by Crippen LogP contribution is 2.04. The van der Waals surface area contributed by atoms with Crippen LogP contribution in [0.1, 0.15) is 0 Å². The topological polar surface area (TPSA) is 79.2 Å². The Morgan fingerprint density at radius 3 is 2.08 bits per heavy atom. The second-order valence-corrected chi connectivity index (χ2v) is 2.47. The summed E-state index contributed by atoms with van der Waals surface area (Å²) in [6, 6.07) is 0. The van der Waals surface area contributed by atoms with Gasteiger partial charge >= 0.3 is 0 Å². The first-order valence-electron chi connectivity index (χ1n) is 3.66. The largest absolute Gasteiger partial charge is 0.394 e. The minimum atomic E-state index is -1.08. The van der Waals surface area contributed by atoms with Crippen LogP contribution >= 0.6 is 0 Å². The molecule has 0 spiro atoms. The Labute approximate surface area is 71.5 Å². The van der Waals surface area contributed by atoms with Gasteiger partial charge in [0.2, 0.25) is 0 Å². The van der Waals surface area contributed by atoms with E-state index in [1.807, 2.05) is 0 Å². The lowest BCUT2D eigenvalue weighted by molar-refractivity contribution is -0.112. The molecule has 12 heavy (non-hydrogen) atoms. The number of rotatable bonds is 6. The molecule has 0 aromatic carbocycles. The zero-order valence-corrected chi connectivity index (χ0v) is 7.30. The molecule has 5 nitrogen and oxygen atoms in total. The molecule has 5 heteroatoms. The van der Waals surface area contributed by atoms with E-state index < -0.39 is 24.9 Å². The highest BCUT2D eigenvalue weighted by atomic mass is 16.5. The van der Waals surface area contributed by atoms with Gasteiger partial charge in [-0.2, -0.15) is 0 Å². The third-order valence-electron chi connectivity index (χ3n) is 1.56. The summed E-state index contributed by atoms with van der Waals surface area (Å²) < 4.78 is 9.44. The normalized spacial score (nSPS) is 18.8. The van der Waals surface area contributed by atoms with Gasteiger partial charge in [0.15, 0.2) is 0 Å². The van der Waals surface area contributed by atoms with E-state index in [1.54, 1.807) is 0 Å². The van der Waals surface area contributed by atoms with Crippen LogP contribution in [-0.4, -0.2) is 61.1 Å². The van der Waals surface area contributed by atoms with E-state index in [2.05, 4.69) is 4.74 Å². The maximum absolute atomic E-state index is 9.29. The van der Waals surface area contributed by atoms with Crippen molar-refractivity contribution >= 4 is 0 Å². The molecular weight excluding hydrogens is 164 g/mol. The third-order valence-corrected chi connectivity index (χ3v) is 1.56. The molecule has 0 aliphatic rings. The maximum atomic E-state index is 9.29. The summed E-state index contributed by atoms with van der Waals surface area (Å²) in [7, 11) is 2.78. The van der Waals surface area contributed by atoms with Gasteiger partial charge in [0.1, 0.15) is 18.3 Å². The van der Waals surface area contributed by atoms with Crippen LogP contribution in [-0.2, 0) is 9.47 Å². The fourth-order valence-corrected chi connectivity index (χ4v) is 0.940. The van der Waals surface area contributed by atoms with Gasteiger partial charge in [-0.1, -0.05) is 0 Å². The average molecular weight is 180 g/mol. The Bertz CT molecular complexity index is 108. The Morgan fingerprint density at radius 2 is 1.75 bits per heavy atom. The average Bonchev–Trinajstić information content (AvgIpc) is 2.06. The first-order valence-corrected chi connectivity index (χ1v) is 3.66. The smallest absolute Gasteiger partial charge is 0.113 e. The summed E-state index contributed by atoms with van der Waals surface area (Å²) in [6.45, 7) is -0.380. The maximum Gasteiger partial charge on any atom is 0.113 e. The molecule has 74 valence electrons. The number of hydrogen-bond donors (Lipinski definition) is 3. The lowest BCUT2D eigenvalue weighted by atomic mass is 10.1. The van der Waals surface area contributed by atoms with Crippen molar-refractivity contribution < 1.29 is 24.8 Å². The fraction of sp³-hybridized carbons (Fsp3) is 1.00. The summed E-state index contributed by atoms with van der Waals surface area (Å²) >= 11 is 0. The quantitative estimate of drug-likeness (QED) is 0.457. The number of aliphatic hydroxyl groups excluding tert-OH is 3. The Hall–Kier alpha value is -0.200. The molecule has 0 aliphatic heterocycles. The summed E-state index contributed by atoms with van der Waals surface area (Å²) in [4.78, 5) is 0. The van der Waals surface area contributed by atoms with Crippen LogP contribution in [0.2, 0.25) is 0 Å². The monoisotopic (exact) mass is 180 g/mol. The summed E-state index contributed by atoms with van der Waals surface area (Å²) in [6.07, 6.45) is -2.82. The number of hydrogen-bond acceptors (Lipinski definition) is 5. The van der Waals surface area contributed by atoms with Crippen LogP contribution in [0.3, 0.4) is 0 Å². The van der Waals surface area contributed by atoms with Crippen LogP contribution < -0.4 is 0 Å². The van der Waals surface area contributed by atoms with Crippen molar-refractivity contribution in [3.05, 3.63) is 0 Å². The Kier molecular flexibility index (Phi) is 6.23.